The zero-order valence-corrected chi connectivity index (χ0v) is 12.1. The first-order valence-electron chi connectivity index (χ1n) is 6.19. The molecule has 1 heterocycles. The van der Waals surface area contributed by atoms with Crippen LogP contribution in [0.4, 0.5) is 0 Å². The van der Waals surface area contributed by atoms with Gasteiger partial charge in [0.2, 0.25) is 0 Å². The molecule has 0 saturated heterocycles. The zero-order valence-electron chi connectivity index (χ0n) is 10.5. The number of fused-ring (bicyclic) bond motifs is 1. The minimum Gasteiger partial charge on any atom is -0.493 e. The third-order valence-corrected chi connectivity index (χ3v) is 4.12. The second kappa shape index (κ2) is 4.65. The summed E-state index contributed by atoms with van der Waals surface area (Å²) in [5.74, 6) is 0.650. The molecule has 0 amide bonds. The molecule has 0 unspecified atom stereocenters. The second-order valence-electron chi connectivity index (χ2n) is 4.74. The van der Waals surface area contributed by atoms with Crippen molar-refractivity contribution in [1.29, 1.82) is 0 Å². The molecular formula is C14H14BrNO3. The van der Waals surface area contributed by atoms with Gasteiger partial charge in [-0.3, -0.25) is 4.79 Å². The van der Waals surface area contributed by atoms with Crippen molar-refractivity contribution in [2.45, 2.75) is 25.5 Å². The molecule has 0 radical (unpaired) electrons. The van der Waals surface area contributed by atoms with Crippen LogP contribution in [0.5, 0.6) is 5.75 Å². The number of aliphatic hydroxyl groups is 1. The number of hydrogen-bond donors (Lipinski definition) is 1. The fourth-order valence-electron chi connectivity index (χ4n) is 2.47. The molecule has 1 aliphatic carbocycles. The van der Waals surface area contributed by atoms with E-state index in [2.05, 4.69) is 15.9 Å². The summed E-state index contributed by atoms with van der Waals surface area (Å²) in [6.07, 6.45) is 2.03. The van der Waals surface area contributed by atoms with Gasteiger partial charge in [-0.15, -0.1) is 0 Å². The molecule has 1 aromatic heterocycles. The summed E-state index contributed by atoms with van der Waals surface area (Å²) in [6, 6.07) is 5.56. The summed E-state index contributed by atoms with van der Waals surface area (Å²) < 4.78 is 8.04. The summed E-state index contributed by atoms with van der Waals surface area (Å²) in [6.45, 7) is -0.151. The normalized spacial score (nSPS) is 14.9. The number of hydrogen-bond acceptors (Lipinski definition) is 3. The fourth-order valence-corrected chi connectivity index (χ4v) is 2.95. The lowest BCUT2D eigenvalue weighted by Crippen LogP contribution is -2.20. The van der Waals surface area contributed by atoms with Gasteiger partial charge in [-0.2, -0.15) is 0 Å². The van der Waals surface area contributed by atoms with Crippen molar-refractivity contribution < 1.29 is 9.84 Å². The Morgan fingerprint density at radius 2 is 2.21 bits per heavy atom. The highest BCUT2D eigenvalue weighted by Crippen LogP contribution is 2.41. The number of ether oxygens (including phenoxy) is 1. The average molecular weight is 324 g/mol. The smallest absolute Gasteiger partial charge is 0.251 e. The monoisotopic (exact) mass is 323 g/mol. The molecule has 1 saturated carbocycles. The van der Waals surface area contributed by atoms with Crippen LogP contribution in [0.2, 0.25) is 0 Å². The van der Waals surface area contributed by atoms with Crippen LogP contribution < -0.4 is 10.3 Å². The van der Waals surface area contributed by atoms with E-state index in [0.717, 1.165) is 28.2 Å². The van der Waals surface area contributed by atoms with E-state index in [9.17, 15) is 9.90 Å². The number of aromatic nitrogens is 1. The molecule has 0 atom stereocenters. The van der Waals surface area contributed by atoms with Gasteiger partial charge < -0.3 is 14.4 Å². The average Bonchev–Trinajstić information content (AvgIpc) is 3.22. The first-order chi connectivity index (χ1) is 9.17. The fraction of sp³-hybridized carbons (Fsp3) is 0.357. The topological polar surface area (TPSA) is 51.5 Å². The van der Waals surface area contributed by atoms with Crippen LogP contribution >= 0.6 is 15.9 Å². The molecule has 5 heteroatoms. The molecule has 1 aliphatic rings. The van der Waals surface area contributed by atoms with E-state index >= 15 is 0 Å². The summed E-state index contributed by atoms with van der Waals surface area (Å²) in [5, 5.41) is 10.3. The van der Waals surface area contributed by atoms with Gasteiger partial charge in [0.25, 0.3) is 5.56 Å². The van der Waals surface area contributed by atoms with Crippen molar-refractivity contribution in [3.63, 3.8) is 0 Å². The summed E-state index contributed by atoms with van der Waals surface area (Å²) in [7, 11) is 1.59. The lowest BCUT2D eigenvalue weighted by molar-refractivity contribution is 0.283. The third-order valence-electron chi connectivity index (χ3n) is 3.49. The molecule has 2 aromatic rings. The molecule has 0 bridgehead atoms. The molecule has 3 rings (SSSR count). The number of nitrogens with zero attached hydrogens (tertiary/aromatic N) is 1. The Morgan fingerprint density at radius 1 is 1.47 bits per heavy atom. The van der Waals surface area contributed by atoms with Crippen molar-refractivity contribution in [2.75, 3.05) is 7.11 Å². The van der Waals surface area contributed by atoms with Crippen LogP contribution in [0.15, 0.2) is 27.5 Å². The van der Waals surface area contributed by atoms with Crippen molar-refractivity contribution in [3.8, 4) is 5.75 Å². The third kappa shape index (κ3) is 1.97. The Labute approximate surface area is 118 Å². The van der Waals surface area contributed by atoms with Crippen molar-refractivity contribution in [3.05, 3.63) is 38.6 Å². The van der Waals surface area contributed by atoms with Crippen molar-refractivity contribution in [1.82, 2.24) is 4.57 Å². The first-order valence-corrected chi connectivity index (χ1v) is 6.98. The largest absolute Gasteiger partial charge is 0.493 e. The van der Waals surface area contributed by atoms with Gasteiger partial charge in [0.1, 0.15) is 0 Å². The minimum absolute atomic E-state index is 0.0737. The van der Waals surface area contributed by atoms with E-state index in [-0.39, 0.29) is 18.2 Å². The summed E-state index contributed by atoms with van der Waals surface area (Å²) >= 11 is 3.45. The van der Waals surface area contributed by atoms with E-state index in [1.54, 1.807) is 11.7 Å². The summed E-state index contributed by atoms with van der Waals surface area (Å²) in [4.78, 5) is 12.3. The Kier molecular flexibility index (Phi) is 3.11. The molecule has 1 fully saturated rings. The molecule has 19 heavy (non-hydrogen) atoms. The van der Waals surface area contributed by atoms with Gasteiger partial charge in [0.15, 0.2) is 5.75 Å². The maximum Gasteiger partial charge on any atom is 0.251 e. The molecule has 1 N–H and O–H groups in total. The first kappa shape index (κ1) is 12.7. The molecule has 1 aromatic carbocycles. The van der Waals surface area contributed by atoms with Crippen LogP contribution in [0, 0.1) is 0 Å². The maximum atomic E-state index is 12.3. The summed E-state index contributed by atoms with van der Waals surface area (Å²) in [5.41, 5.74) is 1.34. The van der Waals surface area contributed by atoms with Crippen LogP contribution in [0.1, 0.15) is 24.4 Å². The number of rotatable bonds is 3. The van der Waals surface area contributed by atoms with Crippen LogP contribution in [-0.4, -0.2) is 16.8 Å². The van der Waals surface area contributed by atoms with Crippen molar-refractivity contribution in [2.24, 2.45) is 0 Å². The molecule has 100 valence electrons. The lowest BCUT2D eigenvalue weighted by atomic mass is 10.1. The van der Waals surface area contributed by atoms with E-state index in [4.69, 9.17) is 4.74 Å². The molecular weight excluding hydrogens is 310 g/mol. The highest BCUT2D eigenvalue weighted by Gasteiger charge is 2.28. The number of pyridine rings is 1. The van der Waals surface area contributed by atoms with Gasteiger partial charge in [-0.25, -0.2) is 0 Å². The second-order valence-corrected chi connectivity index (χ2v) is 5.60. The van der Waals surface area contributed by atoms with Gasteiger partial charge >= 0.3 is 0 Å². The Hall–Kier alpha value is -1.33. The van der Waals surface area contributed by atoms with Crippen LogP contribution in [-0.2, 0) is 6.61 Å². The lowest BCUT2D eigenvalue weighted by Gasteiger charge is -2.16. The maximum absolute atomic E-state index is 12.3. The Bertz CT molecular complexity index is 704. The van der Waals surface area contributed by atoms with E-state index in [0.29, 0.717) is 11.3 Å². The molecule has 0 spiro atoms. The standard InChI is InChI=1S/C14H14BrNO3/c1-19-14-11(15)5-4-10-8(7-17)6-12(18)16(13(10)14)9-2-3-9/h4-6,9,17H,2-3,7H2,1H3. The number of methoxy groups -OCH3 is 1. The van der Waals surface area contributed by atoms with Gasteiger partial charge in [0, 0.05) is 17.5 Å². The highest BCUT2D eigenvalue weighted by molar-refractivity contribution is 9.10. The number of aliphatic hydroxyl groups excluding tert-OH is 1. The predicted octanol–water partition coefficient (Wildman–Crippen LogP) is 2.60. The Balaban J connectivity index is 2.49. The minimum atomic E-state index is -0.151. The highest BCUT2D eigenvalue weighted by atomic mass is 79.9. The van der Waals surface area contributed by atoms with Gasteiger partial charge in [0.05, 0.1) is 23.7 Å². The van der Waals surface area contributed by atoms with E-state index in [1.807, 2.05) is 12.1 Å². The predicted molar refractivity (Wildman–Crippen MR) is 76.7 cm³/mol. The SMILES string of the molecule is COc1c(Br)ccc2c(CO)cc(=O)n(C3CC3)c12. The molecule has 4 nitrogen and oxygen atoms in total. The van der Waals surface area contributed by atoms with Gasteiger partial charge in [-0.05, 0) is 40.4 Å². The molecule has 0 aliphatic heterocycles. The van der Waals surface area contributed by atoms with E-state index < -0.39 is 0 Å². The Morgan fingerprint density at radius 3 is 2.79 bits per heavy atom. The van der Waals surface area contributed by atoms with Crippen LogP contribution in [0.25, 0.3) is 10.9 Å². The number of halogens is 1. The van der Waals surface area contributed by atoms with Crippen molar-refractivity contribution >= 4 is 26.8 Å². The van der Waals surface area contributed by atoms with Gasteiger partial charge in [-0.1, -0.05) is 6.07 Å². The van der Waals surface area contributed by atoms with E-state index in [1.165, 1.54) is 6.07 Å². The number of benzene rings is 1. The van der Waals surface area contributed by atoms with Crippen LogP contribution in [0.3, 0.4) is 0 Å². The quantitative estimate of drug-likeness (QED) is 0.944. The zero-order chi connectivity index (χ0) is 13.6.